The van der Waals surface area contributed by atoms with E-state index in [1.807, 2.05) is 36.5 Å². The average molecular weight is 403 g/mol. The Morgan fingerprint density at radius 3 is 2.87 bits per heavy atom. The number of methoxy groups -OCH3 is 2. The average Bonchev–Trinajstić information content (AvgIpc) is 3.21. The number of H-pyrrole nitrogens is 1. The van der Waals surface area contributed by atoms with Crippen molar-refractivity contribution in [3.63, 3.8) is 0 Å². The van der Waals surface area contributed by atoms with E-state index in [-0.39, 0.29) is 6.10 Å². The first-order valence-electron chi connectivity index (χ1n) is 9.66. The molecule has 4 aromatic rings. The topological polar surface area (TPSA) is 78.5 Å². The van der Waals surface area contributed by atoms with Crippen LogP contribution in [0.2, 0.25) is 0 Å². The van der Waals surface area contributed by atoms with E-state index in [0.717, 1.165) is 28.6 Å². The standard InChI is InChI=1S/C23H21N3O4/c1-27-18-9-14(8-16-12-26-23-17(16)4-3-7-24-23)10-19-22(18)30-20(13-29-19)15-5-6-21(28-2)25-11-15/h3-7,9-12,20H,8,13H2,1-2H3,(H,24,26). The van der Waals surface area contributed by atoms with Gasteiger partial charge in [0.05, 0.1) is 14.2 Å². The first-order chi connectivity index (χ1) is 14.7. The van der Waals surface area contributed by atoms with Gasteiger partial charge in [0.25, 0.3) is 0 Å². The van der Waals surface area contributed by atoms with Crippen LogP contribution in [0.3, 0.4) is 0 Å². The molecule has 0 aliphatic carbocycles. The lowest BCUT2D eigenvalue weighted by molar-refractivity contribution is 0.0867. The number of aromatic amines is 1. The van der Waals surface area contributed by atoms with Gasteiger partial charge in [-0.2, -0.15) is 0 Å². The molecule has 5 rings (SSSR count). The Labute approximate surface area is 173 Å². The summed E-state index contributed by atoms with van der Waals surface area (Å²) in [6.45, 7) is 0.393. The molecular weight excluding hydrogens is 382 g/mol. The summed E-state index contributed by atoms with van der Waals surface area (Å²) < 4.78 is 23.0. The Kier molecular flexibility index (Phi) is 4.63. The van der Waals surface area contributed by atoms with Gasteiger partial charge in [-0.15, -0.1) is 0 Å². The van der Waals surface area contributed by atoms with Gasteiger partial charge in [-0.05, 0) is 47.9 Å². The van der Waals surface area contributed by atoms with Crippen LogP contribution in [-0.4, -0.2) is 35.8 Å². The Bertz CT molecular complexity index is 1170. The van der Waals surface area contributed by atoms with Crippen molar-refractivity contribution in [1.29, 1.82) is 0 Å². The van der Waals surface area contributed by atoms with Crippen LogP contribution in [-0.2, 0) is 6.42 Å². The minimum absolute atomic E-state index is 0.268. The van der Waals surface area contributed by atoms with Crippen molar-refractivity contribution in [2.75, 3.05) is 20.8 Å². The summed E-state index contributed by atoms with van der Waals surface area (Å²) in [6, 6.07) is 11.7. The van der Waals surface area contributed by atoms with Gasteiger partial charge in [0.15, 0.2) is 17.6 Å². The summed E-state index contributed by atoms with van der Waals surface area (Å²) in [7, 11) is 3.23. The molecule has 4 heterocycles. The van der Waals surface area contributed by atoms with Crippen molar-refractivity contribution in [3.05, 3.63) is 71.7 Å². The predicted molar refractivity (Wildman–Crippen MR) is 112 cm³/mol. The van der Waals surface area contributed by atoms with Crippen molar-refractivity contribution in [1.82, 2.24) is 15.0 Å². The molecule has 1 aromatic carbocycles. The molecule has 1 unspecified atom stereocenters. The summed E-state index contributed by atoms with van der Waals surface area (Å²) >= 11 is 0. The molecular formula is C23H21N3O4. The van der Waals surface area contributed by atoms with Gasteiger partial charge in [0.2, 0.25) is 11.6 Å². The predicted octanol–water partition coefficient (Wildman–Crippen LogP) is 4.08. The van der Waals surface area contributed by atoms with Crippen molar-refractivity contribution >= 4 is 11.0 Å². The lowest BCUT2D eigenvalue weighted by Gasteiger charge is -2.28. The van der Waals surface area contributed by atoms with E-state index in [4.69, 9.17) is 18.9 Å². The molecule has 7 nitrogen and oxygen atoms in total. The van der Waals surface area contributed by atoms with E-state index in [0.29, 0.717) is 29.7 Å². The number of hydrogen-bond acceptors (Lipinski definition) is 6. The summed E-state index contributed by atoms with van der Waals surface area (Å²) in [6.07, 6.45) is 5.97. The van der Waals surface area contributed by atoms with E-state index >= 15 is 0 Å². The highest BCUT2D eigenvalue weighted by molar-refractivity contribution is 5.80. The second-order valence-corrected chi connectivity index (χ2v) is 7.07. The maximum Gasteiger partial charge on any atom is 0.212 e. The zero-order valence-corrected chi connectivity index (χ0v) is 16.7. The van der Waals surface area contributed by atoms with Gasteiger partial charge in [0.1, 0.15) is 12.3 Å². The van der Waals surface area contributed by atoms with Crippen LogP contribution in [0.4, 0.5) is 0 Å². The van der Waals surface area contributed by atoms with Crippen LogP contribution < -0.4 is 18.9 Å². The van der Waals surface area contributed by atoms with Crippen LogP contribution in [0.25, 0.3) is 11.0 Å². The summed E-state index contributed by atoms with van der Waals surface area (Å²) in [5, 5.41) is 1.11. The van der Waals surface area contributed by atoms with Crippen LogP contribution in [0.5, 0.6) is 23.1 Å². The number of fused-ring (bicyclic) bond motifs is 2. The largest absolute Gasteiger partial charge is 0.493 e. The fourth-order valence-corrected chi connectivity index (χ4v) is 3.70. The number of nitrogens with zero attached hydrogens (tertiary/aromatic N) is 2. The highest BCUT2D eigenvalue weighted by Gasteiger charge is 2.27. The lowest BCUT2D eigenvalue weighted by Crippen LogP contribution is -2.22. The molecule has 1 atom stereocenters. The number of pyridine rings is 2. The zero-order valence-electron chi connectivity index (χ0n) is 16.7. The molecule has 7 heteroatoms. The van der Waals surface area contributed by atoms with E-state index in [1.54, 1.807) is 26.6 Å². The van der Waals surface area contributed by atoms with Crippen molar-refractivity contribution in [2.45, 2.75) is 12.5 Å². The molecule has 152 valence electrons. The Morgan fingerprint density at radius 1 is 1.13 bits per heavy atom. The fraction of sp³-hybridized carbons (Fsp3) is 0.217. The van der Waals surface area contributed by atoms with Gasteiger partial charge in [-0.3, -0.25) is 0 Å². The molecule has 30 heavy (non-hydrogen) atoms. The summed E-state index contributed by atoms with van der Waals surface area (Å²) in [4.78, 5) is 11.8. The van der Waals surface area contributed by atoms with E-state index in [1.165, 1.54) is 5.56 Å². The molecule has 1 aliphatic heterocycles. The molecule has 0 bridgehead atoms. The second kappa shape index (κ2) is 7.59. The Morgan fingerprint density at radius 2 is 2.07 bits per heavy atom. The molecule has 0 fully saturated rings. The minimum Gasteiger partial charge on any atom is -0.493 e. The van der Waals surface area contributed by atoms with Gasteiger partial charge in [0, 0.05) is 35.6 Å². The van der Waals surface area contributed by atoms with Gasteiger partial charge in [-0.25, -0.2) is 9.97 Å². The highest BCUT2D eigenvalue weighted by atomic mass is 16.6. The van der Waals surface area contributed by atoms with Crippen molar-refractivity contribution in [2.24, 2.45) is 0 Å². The normalized spacial score (nSPS) is 15.2. The maximum absolute atomic E-state index is 6.23. The molecule has 1 N–H and O–H groups in total. The molecule has 1 aliphatic rings. The molecule has 0 saturated carbocycles. The smallest absolute Gasteiger partial charge is 0.212 e. The fourth-order valence-electron chi connectivity index (χ4n) is 3.70. The molecule has 0 amide bonds. The van der Waals surface area contributed by atoms with Gasteiger partial charge in [-0.1, -0.05) is 0 Å². The third-order valence-electron chi connectivity index (χ3n) is 5.22. The van der Waals surface area contributed by atoms with Crippen LogP contribution >= 0.6 is 0 Å². The van der Waals surface area contributed by atoms with Crippen LogP contribution in [0, 0.1) is 0 Å². The van der Waals surface area contributed by atoms with Crippen molar-refractivity contribution in [3.8, 4) is 23.1 Å². The van der Waals surface area contributed by atoms with E-state index in [9.17, 15) is 0 Å². The quantitative estimate of drug-likeness (QED) is 0.541. The highest BCUT2D eigenvalue weighted by Crippen LogP contribution is 2.44. The molecule has 0 spiro atoms. The number of nitrogens with one attached hydrogen (secondary N) is 1. The Hall–Kier alpha value is -3.74. The third-order valence-corrected chi connectivity index (χ3v) is 5.22. The number of benzene rings is 1. The summed E-state index contributed by atoms with van der Waals surface area (Å²) in [5.74, 6) is 2.49. The number of rotatable bonds is 5. The van der Waals surface area contributed by atoms with E-state index in [2.05, 4.69) is 21.0 Å². The van der Waals surface area contributed by atoms with E-state index < -0.39 is 0 Å². The SMILES string of the molecule is COc1ccc(C2COc3cc(Cc4c[nH]c5ncccc45)cc(OC)c3O2)cn1. The monoisotopic (exact) mass is 403 g/mol. The number of ether oxygens (including phenoxy) is 4. The first-order valence-corrected chi connectivity index (χ1v) is 9.66. The number of aromatic nitrogens is 3. The minimum atomic E-state index is -0.268. The summed E-state index contributed by atoms with van der Waals surface area (Å²) in [5.41, 5.74) is 4.04. The molecule has 0 saturated heterocycles. The van der Waals surface area contributed by atoms with Crippen LogP contribution in [0.15, 0.2) is 55.0 Å². The molecule has 3 aromatic heterocycles. The van der Waals surface area contributed by atoms with Crippen molar-refractivity contribution < 1.29 is 18.9 Å². The lowest BCUT2D eigenvalue weighted by atomic mass is 10.0. The first kappa shape index (κ1) is 18.3. The Balaban J connectivity index is 1.43. The molecule has 0 radical (unpaired) electrons. The zero-order chi connectivity index (χ0) is 20.5. The second-order valence-electron chi connectivity index (χ2n) is 7.07. The number of hydrogen-bond donors (Lipinski definition) is 1. The maximum atomic E-state index is 6.23. The van der Waals surface area contributed by atoms with Gasteiger partial charge >= 0.3 is 0 Å². The third kappa shape index (κ3) is 3.28. The van der Waals surface area contributed by atoms with Gasteiger partial charge < -0.3 is 23.9 Å². The van der Waals surface area contributed by atoms with Crippen LogP contribution in [0.1, 0.15) is 22.8 Å².